The summed E-state index contributed by atoms with van der Waals surface area (Å²) in [4.78, 5) is 0.307. The second-order valence-corrected chi connectivity index (χ2v) is 7.85. The SMILES string of the molecule is C=CCOCC1CCN(S(=O)(=O)c2cccc(Cl)c2C)CC1. The van der Waals surface area contributed by atoms with E-state index in [9.17, 15) is 8.42 Å². The van der Waals surface area contributed by atoms with Crippen LogP contribution < -0.4 is 0 Å². The van der Waals surface area contributed by atoms with E-state index in [1.54, 1.807) is 35.5 Å². The van der Waals surface area contributed by atoms with Crippen molar-refractivity contribution < 1.29 is 13.2 Å². The van der Waals surface area contributed by atoms with Crippen LogP contribution >= 0.6 is 11.6 Å². The summed E-state index contributed by atoms with van der Waals surface area (Å²) in [6.07, 6.45) is 3.35. The van der Waals surface area contributed by atoms with Gasteiger partial charge in [0.2, 0.25) is 10.0 Å². The van der Waals surface area contributed by atoms with Crippen molar-refractivity contribution in [1.29, 1.82) is 0 Å². The first-order valence-electron chi connectivity index (χ1n) is 7.40. The molecule has 2 rings (SSSR count). The van der Waals surface area contributed by atoms with Crippen LogP contribution in [0.5, 0.6) is 0 Å². The quantitative estimate of drug-likeness (QED) is 0.588. The third-order valence-electron chi connectivity index (χ3n) is 4.00. The number of halogens is 1. The Morgan fingerprint density at radius 1 is 1.41 bits per heavy atom. The van der Waals surface area contributed by atoms with Crippen molar-refractivity contribution in [1.82, 2.24) is 4.31 Å². The van der Waals surface area contributed by atoms with Crippen molar-refractivity contribution in [2.24, 2.45) is 5.92 Å². The van der Waals surface area contributed by atoms with Gasteiger partial charge in [-0.15, -0.1) is 6.58 Å². The zero-order valence-electron chi connectivity index (χ0n) is 12.8. The standard InChI is InChI=1S/C16H22ClNO3S/c1-3-11-21-12-14-7-9-18(10-8-14)22(19,20)16-6-4-5-15(17)13(16)2/h3-6,14H,1,7-12H2,2H3. The first-order valence-corrected chi connectivity index (χ1v) is 9.22. The normalized spacial score (nSPS) is 17.5. The van der Waals surface area contributed by atoms with E-state index in [1.807, 2.05) is 0 Å². The van der Waals surface area contributed by atoms with Crippen LogP contribution in [0.25, 0.3) is 0 Å². The summed E-state index contributed by atoms with van der Waals surface area (Å²) in [7, 11) is -3.47. The minimum Gasteiger partial charge on any atom is -0.377 e. The second kappa shape index (κ2) is 7.59. The van der Waals surface area contributed by atoms with Gasteiger partial charge in [-0.3, -0.25) is 0 Å². The highest BCUT2D eigenvalue weighted by atomic mass is 35.5. The molecule has 0 atom stereocenters. The Labute approximate surface area is 137 Å². The van der Waals surface area contributed by atoms with Gasteiger partial charge in [0, 0.05) is 24.7 Å². The van der Waals surface area contributed by atoms with Crippen molar-refractivity contribution >= 4 is 21.6 Å². The molecule has 0 radical (unpaired) electrons. The minimum absolute atomic E-state index is 0.307. The summed E-state index contributed by atoms with van der Waals surface area (Å²) in [5.41, 5.74) is 0.612. The average molecular weight is 344 g/mol. The first kappa shape index (κ1) is 17.5. The van der Waals surface area contributed by atoms with E-state index in [0.717, 1.165) is 12.8 Å². The van der Waals surface area contributed by atoms with Gasteiger partial charge < -0.3 is 4.74 Å². The summed E-state index contributed by atoms with van der Waals surface area (Å²) in [5, 5.41) is 0.480. The van der Waals surface area contributed by atoms with E-state index >= 15 is 0 Å². The van der Waals surface area contributed by atoms with E-state index in [-0.39, 0.29) is 0 Å². The summed E-state index contributed by atoms with van der Waals surface area (Å²) in [6, 6.07) is 5.01. The average Bonchev–Trinajstić information content (AvgIpc) is 2.50. The summed E-state index contributed by atoms with van der Waals surface area (Å²) < 4.78 is 32.5. The molecule has 1 aliphatic rings. The number of nitrogens with zero attached hydrogens (tertiary/aromatic N) is 1. The Bertz CT molecular complexity index is 622. The minimum atomic E-state index is -3.47. The van der Waals surface area contributed by atoms with Gasteiger partial charge in [0.05, 0.1) is 11.5 Å². The Balaban J connectivity index is 2.03. The number of benzene rings is 1. The number of ether oxygens (including phenoxy) is 1. The van der Waals surface area contributed by atoms with Crippen LogP contribution in [-0.4, -0.2) is 39.0 Å². The van der Waals surface area contributed by atoms with Crippen LogP contribution in [-0.2, 0) is 14.8 Å². The predicted octanol–water partition coefficient (Wildman–Crippen LogP) is 3.25. The fourth-order valence-corrected chi connectivity index (χ4v) is 4.59. The maximum atomic E-state index is 12.8. The molecule has 0 bridgehead atoms. The molecular formula is C16H22ClNO3S. The number of hydrogen-bond donors (Lipinski definition) is 0. The molecule has 0 aliphatic carbocycles. The highest BCUT2D eigenvalue weighted by Crippen LogP contribution is 2.28. The smallest absolute Gasteiger partial charge is 0.243 e. The van der Waals surface area contributed by atoms with E-state index in [0.29, 0.717) is 47.7 Å². The Morgan fingerprint density at radius 3 is 2.73 bits per heavy atom. The Morgan fingerprint density at radius 2 is 2.09 bits per heavy atom. The highest BCUT2D eigenvalue weighted by molar-refractivity contribution is 7.89. The molecule has 1 aliphatic heterocycles. The molecule has 1 aromatic carbocycles. The molecule has 0 spiro atoms. The van der Waals surface area contributed by atoms with E-state index in [4.69, 9.17) is 16.3 Å². The van der Waals surface area contributed by atoms with E-state index < -0.39 is 10.0 Å². The molecule has 1 saturated heterocycles. The molecule has 0 saturated carbocycles. The van der Waals surface area contributed by atoms with Crippen molar-refractivity contribution in [2.75, 3.05) is 26.3 Å². The number of rotatable bonds is 6. The molecule has 0 N–H and O–H groups in total. The van der Waals surface area contributed by atoms with Crippen molar-refractivity contribution in [3.8, 4) is 0 Å². The Kier molecular flexibility index (Phi) is 6.03. The lowest BCUT2D eigenvalue weighted by atomic mass is 9.99. The largest absolute Gasteiger partial charge is 0.377 e. The molecule has 4 nitrogen and oxygen atoms in total. The molecule has 1 aromatic rings. The molecule has 1 fully saturated rings. The van der Waals surface area contributed by atoms with Gasteiger partial charge in [0.25, 0.3) is 0 Å². The zero-order chi connectivity index (χ0) is 16.2. The summed E-state index contributed by atoms with van der Waals surface area (Å²) in [6.45, 7) is 7.61. The van der Waals surface area contributed by atoms with Gasteiger partial charge in [0.1, 0.15) is 0 Å². The van der Waals surface area contributed by atoms with Crippen LogP contribution in [0, 0.1) is 12.8 Å². The molecule has 1 heterocycles. The molecule has 0 aromatic heterocycles. The maximum absolute atomic E-state index is 12.8. The first-order chi connectivity index (χ1) is 10.5. The van der Waals surface area contributed by atoms with Crippen LogP contribution in [0.3, 0.4) is 0 Å². The van der Waals surface area contributed by atoms with Crippen LogP contribution in [0.15, 0.2) is 35.7 Å². The molecule has 0 unspecified atom stereocenters. The van der Waals surface area contributed by atoms with Crippen molar-refractivity contribution in [2.45, 2.75) is 24.7 Å². The molecular weight excluding hydrogens is 322 g/mol. The van der Waals surface area contributed by atoms with Crippen molar-refractivity contribution in [3.05, 3.63) is 41.4 Å². The summed E-state index contributed by atoms with van der Waals surface area (Å²) >= 11 is 6.05. The number of piperidine rings is 1. The van der Waals surface area contributed by atoms with Gasteiger partial charge in [-0.05, 0) is 43.4 Å². The van der Waals surface area contributed by atoms with Crippen LogP contribution in [0.2, 0.25) is 5.02 Å². The lowest BCUT2D eigenvalue weighted by Crippen LogP contribution is -2.39. The number of hydrogen-bond acceptors (Lipinski definition) is 3. The highest BCUT2D eigenvalue weighted by Gasteiger charge is 2.30. The molecule has 6 heteroatoms. The van der Waals surface area contributed by atoms with Crippen LogP contribution in [0.4, 0.5) is 0 Å². The van der Waals surface area contributed by atoms with E-state index in [1.165, 1.54) is 0 Å². The van der Waals surface area contributed by atoms with Crippen molar-refractivity contribution in [3.63, 3.8) is 0 Å². The van der Waals surface area contributed by atoms with Crippen LogP contribution in [0.1, 0.15) is 18.4 Å². The lowest BCUT2D eigenvalue weighted by molar-refractivity contribution is 0.0982. The molecule has 122 valence electrons. The maximum Gasteiger partial charge on any atom is 0.243 e. The Hall–Kier alpha value is -0.880. The van der Waals surface area contributed by atoms with Gasteiger partial charge in [0.15, 0.2) is 0 Å². The third-order valence-corrected chi connectivity index (χ3v) is 6.45. The predicted molar refractivity (Wildman–Crippen MR) is 88.7 cm³/mol. The monoisotopic (exact) mass is 343 g/mol. The van der Waals surface area contributed by atoms with Gasteiger partial charge in [-0.2, -0.15) is 4.31 Å². The van der Waals surface area contributed by atoms with Gasteiger partial charge in [-0.25, -0.2) is 8.42 Å². The fourth-order valence-electron chi connectivity index (χ4n) is 2.64. The second-order valence-electron chi connectivity index (χ2n) is 5.54. The lowest BCUT2D eigenvalue weighted by Gasteiger charge is -2.31. The topological polar surface area (TPSA) is 46.6 Å². The zero-order valence-corrected chi connectivity index (χ0v) is 14.4. The van der Waals surface area contributed by atoms with E-state index in [2.05, 4.69) is 6.58 Å². The third kappa shape index (κ3) is 3.90. The fraction of sp³-hybridized carbons (Fsp3) is 0.500. The molecule has 0 amide bonds. The number of sulfonamides is 1. The van der Waals surface area contributed by atoms with Gasteiger partial charge >= 0.3 is 0 Å². The van der Waals surface area contributed by atoms with Gasteiger partial charge in [-0.1, -0.05) is 23.7 Å². The summed E-state index contributed by atoms with van der Waals surface area (Å²) in [5.74, 6) is 0.409. The molecule has 22 heavy (non-hydrogen) atoms.